The second-order valence-corrected chi connectivity index (χ2v) is 8.45. The van der Waals surface area contributed by atoms with Crippen molar-refractivity contribution in [3.8, 4) is 5.75 Å². The summed E-state index contributed by atoms with van der Waals surface area (Å²) in [4.78, 5) is 12.1. The van der Waals surface area contributed by atoms with Crippen molar-refractivity contribution >= 4 is 49.0 Å². The highest BCUT2D eigenvalue weighted by Gasteiger charge is 2.14. The molecule has 0 aliphatic carbocycles. The van der Waals surface area contributed by atoms with Gasteiger partial charge in [0.15, 0.2) is 6.61 Å². The van der Waals surface area contributed by atoms with Gasteiger partial charge in [0.05, 0.1) is 7.57 Å². The van der Waals surface area contributed by atoms with E-state index < -0.39 is 0 Å². The molecule has 0 aliphatic heterocycles. The molecular weight excluding hydrogens is 416 g/mol. The van der Waals surface area contributed by atoms with Gasteiger partial charge in [-0.3, -0.25) is 4.79 Å². The first-order chi connectivity index (χ1) is 10.1. The Bertz CT molecular complexity index is 605. The molecule has 0 amide bonds. The fourth-order valence-corrected chi connectivity index (χ4v) is 4.75. The van der Waals surface area contributed by atoms with E-state index in [2.05, 4.69) is 50.9 Å². The van der Waals surface area contributed by atoms with Crippen LogP contribution in [-0.2, 0) is 6.42 Å². The van der Waals surface area contributed by atoms with E-state index in [1.165, 1.54) is 29.7 Å². The minimum atomic E-state index is -0.0288. The summed E-state index contributed by atoms with van der Waals surface area (Å²) in [5.74, 6) is 0.702. The molecule has 0 atom stereocenters. The van der Waals surface area contributed by atoms with E-state index >= 15 is 0 Å². The van der Waals surface area contributed by atoms with Crippen molar-refractivity contribution in [1.82, 2.24) is 0 Å². The Hall–Kier alpha value is -0.650. The van der Waals surface area contributed by atoms with Crippen molar-refractivity contribution in [3.63, 3.8) is 0 Å². The minimum absolute atomic E-state index is 0.0288. The summed E-state index contributed by atoms with van der Waals surface area (Å²) in [6.07, 6.45) is 3.48. The number of aryl methyl sites for hydroxylation is 1. The normalized spacial score (nSPS) is 10.6. The molecule has 0 N–H and O–H groups in total. The van der Waals surface area contributed by atoms with Crippen molar-refractivity contribution in [2.75, 3.05) is 6.61 Å². The number of hydrogen-bond acceptors (Lipinski definition) is 3. The van der Waals surface area contributed by atoms with Gasteiger partial charge in [0.2, 0.25) is 5.78 Å². The predicted molar refractivity (Wildman–Crippen MR) is 94.6 cm³/mol. The molecule has 0 saturated carbocycles. The first-order valence-electron chi connectivity index (χ1n) is 6.80. The number of hydrogen-bond donors (Lipinski definition) is 0. The standard InChI is InChI=1S/C16H16Br2O2S/c1-2-3-4-11-5-7-12(8-6-11)20-10-14(19)13-9-15(17)21-16(13)18/h5-9H,2-4,10H2,1H3. The van der Waals surface area contributed by atoms with Crippen LogP contribution in [0.1, 0.15) is 35.7 Å². The Morgan fingerprint density at radius 1 is 1.24 bits per heavy atom. The average Bonchev–Trinajstić information content (AvgIpc) is 2.82. The van der Waals surface area contributed by atoms with E-state index in [4.69, 9.17) is 4.74 Å². The smallest absolute Gasteiger partial charge is 0.202 e. The number of ether oxygens (including phenoxy) is 1. The molecule has 2 nitrogen and oxygen atoms in total. The molecular formula is C16H16Br2O2S. The van der Waals surface area contributed by atoms with Crippen LogP contribution in [0.15, 0.2) is 37.9 Å². The summed E-state index contributed by atoms with van der Waals surface area (Å²) in [5.41, 5.74) is 1.96. The summed E-state index contributed by atoms with van der Waals surface area (Å²) in [5, 5.41) is 0. The van der Waals surface area contributed by atoms with Crippen molar-refractivity contribution in [2.45, 2.75) is 26.2 Å². The fraction of sp³-hybridized carbons (Fsp3) is 0.312. The van der Waals surface area contributed by atoms with Crippen LogP contribution in [0.25, 0.3) is 0 Å². The minimum Gasteiger partial charge on any atom is -0.485 e. The lowest BCUT2D eigenvalue weighted by Crippen LogP contribution is -2.11. The van der Waals surface area contributed by atoms with Gasteiger partial charge in [-0.1, -0.05) is 25.5 Å². The second-order valence-electron chi connectivity index (χ2n) is 4.70. The van der Waals surface area contributed by atoms with Crippen molar-refractivity contribution in [2.24, 2.45) is 0 Å². The molecule has 0 bridgehead atoms. The fourth-order valence-electron chi connectivity index (χ4n) is 1.89. The molecule has 0 saturated heterocycles. The Morgan fingerprint density at radius 2 is 1.95 bits per heavy atom. The van der Waals surface area contributed by atoms with Gasteiger partial charge in [-0.2, -0.15) is 0 Å². The first-order valence-corrected chi connectivity index (χ1v) is 9.20. The topological polar surface area (TPSA) is 26.3 Å². The number of Topliss-reactive ketones (excluding diaryl/α,β-unsaturated/α-hetero) is 1. The quantitative estimate of drug-likeness (QED) is 0.511. The molecule has 0 spiro atoms. The summed E-state index contributed by atoms with van der Waals surface area (Å²) >= 11 is 8.25. The molecule has 1 aromatic carbocycles. The van der Waals surface area contributed by atoms with Crippen LogP contribution in [0.5, 0.6) is 5.75 Å². The predicted octanol–water partition coefficient (Wildman–Crippen LogP) is 5.88. The van der Waals surface area contributed by atoms with Gasteiger partial charge in [-0.15, -0.1) is 11.3 Å². The van der Waals surface area contributed by atoms with Gasteiger partial charge in [0.25, 0.3) is 0 Å². The maximum Gasteiger partial charge on any atom is 0.202 e. The molecule has 0 fully saturated rings. The second kappa shape index (κ2) is 8.11. The maximum atomic E-state index is 12.1. The molecule has 2 rings (SSSR count). The zero-order valence-corrected chi connectivity index (χ0v) is 15.7. The highest BCUT2D eigenvalue weighted by atomic mass is 79.9. The van der Waals surface area contributed by atoms with Crippen molar-refractivity contribution < 1.29 is 9.53 Å². The summed E-state index contributed by atoms with van der Waals surface area (Å²) in [7, 11) is 0. The van der Waals surface area contributed by atoms with E-state index in [1.807, 2.05) is 18.2 Å². The van der Waals surface area contributed by atoms with E-state index in [0.29, 0.717) is 5.56 Å². The summed E-state index contributed by atoms with van der Waals surface area (Å²) in [6.45, 7) is 2.24. The largest absolute Gasteiger partial charge is 0.485 e. The van der Waals surface area contributed by atoms with Gasteiger partial charge < -0.3 is 4.74 Å². The SMILES string of the molecule is CCCCc1ccc(OCC(=O)c2cc(Br)sc2Br)cc1. The van der Waals surface area contributed by atoms with Gasteiger partial charge in [-0.05, 0) is 68.5 Å². The lowest BCUT2D eigenvalue weighted by Gasteiger charge is -2.06. The Morgan fingerprint density at radius 3 is 2.52 bits per heavy atom. The van der Waals surface area contributed by atoms with Crippen LogP contribution >= 0.6 is 43.2 Å². The lowest BCUT2D eigenvalue weighted by atomic mass is 10.1. The third kappa shape index (κ3) is 4.94. The first kappa shape index (κ1) is 16.7. The van der Waals surface area contributed by atoms with Crippen molar-refractivity contribution in [1.29, 1.82) is 0 Å². The van der Waals surface area contributed by atoms with Gasteiger partial charge in [-0.25, -0.2) is 0 Å². The number of unbranched alkanes of at least 4 members (excludes halogenated alkanes) is 1. The van der Waals surface area contributed by atoms with E-state index in [0.717, 1.165) is 19.7 Å². The Kier molecular flexibility index (Phi) is 6.45. The van der Waals surface area contributed by atoms with Gasteiger partial charge in [0, 0.05) is 5.56 Å². The average molecular weight is 432 g/mol. The molecule has 0 unspecified atom stereocenters. The molecule has 5 heteroatoms. The van der Waals surface area contributed by atoms with Crippen LogP contribution in [0.2, 0.25) is 0 Å². The van der Waals surface area contributed by atoms with E-state index in [1.54, 1.807) is 0 Å². The van der Waals surface area contributed by atoms with Crippen molar-refractivity contribution in [3.05, 3.63) is 49.0 Å². The molecule has 1 aromatic heterocycles. The number of rotatable bonds is 7. The van der Waals surface area contributed by atoms with E-state index in [9.17, 15) is 4.79 Å². The lowest BCUT2D eigenvalue weighted by molar-refractivity contribution is 0.0921. The highest BCUT2D eigenvalue weighted by molar-refractivity contribution is 9.12. The van der Waals surface area contributed by atoms with Crippen LogP contribution < -0.4 is 4.74 Å². The number of carbonyl (C=O) groups excluding carboxylic acids is 1. The number of carbonyl (C=O) groups is 1. The van der Waals surface area contributed by atoms with Crippen LogP contribution in [0.3, 0.4) is 0 Å². The monoisotopic (exact) mass is 430 g/mol. The molecule has 112 valence electrons. The molecule has 21 heavy (non-hydrogen) atoms. The van der Waals surface area contributed by atoms with E-state index in [-0.39, 0.29) is 12.4 Å². The van der Waals surface area contributed by atoms with Gasteiger partial charge >= 0.3 is 0 Å². The number of thiophene rings is 1. The number of halogens is 2. The highest BCUT2D eigenvalue weighted by Crippen LogP contribution is 2.32. The maximum absolute atomic E-state index is 12.1. The Balaban J connectivity index is 1.90. The van der Waals surface area contributed by atoms with Crippen LogP contribution in [0.4, 0.5) is 0 Å². The van der Waals surface area contributed by atoms with Gasteiger partial charge in [0.1, 0.15) is 5.75 Å². The third-order valence-electron chi connectivity index (χ3n) is 3.07. The molecule has 1 heterocycles. The molecule has 0 radical (unpaired) electrons. The zero-order chi connectivity index (χ0) is 15.2. The number of ketones is 1. The third-order valence-corrected chi connectivity index (χ3v) is 5.41. The summed E-state index contributed by atoms with van der Waals surface area (Å²) in [6, 6.07) is 9.79. The van der Waals surface area contributed by atoms with Crippen LogP contribution in [0, 0.1) is 0 Å². The summed E-state index contributed by atoms with van der Waals surface area (Å²) < 4.78 is 7.32. The number of benzene rings is 1. The molecule has 2 aromatic rings. The van der Waals surface area contributed by atoms with Crippen LogP contribution in [-0.4, -0.2) is 12.4 Å². The Labute approximate surface area is 145 Å². The molecule has 0 aliphatic rings. The zero-order valence-electron chi connectivity index (χ0n) is 11.7.